The lowest BCUT2D eigenvalue weighted by Crippen LogP contribution is -2.28. The van der Waals surface area contributed by atoms with E-state index in [2.05, 4.69) is 17.0 Å². The van der Waals surface area contributed by atoms with Crippen molar-refractivity contribution in [3.05, 3.63) is 27.7 Å². The number of halogens is 2. The molecule has 5 nitrogen and oxygen atoms in total. The molecule has 24 heavy (non-hydrogen) atoms. The molecule has 0 aromatic heterocycles. The predicted octanol–water partition coefficient (Wildman–Crippen LogP) is 3.74. The Morgan fingerprint density at radius 2 is 1.88 bits per heavy atom. The minimum atomic E-state index is -3.75. The second-order valence-electron chi connectivity index (χ2n) is 5.97. The maximum atomic E-state index is 12.4. The molecule has 134 valence electrons. The molecule has 0 heterocycles. The van der Waals surface area contributed by atoms with Crippen molar-refractivity contribution in [3.63, 3.8) is 0 Å². The fourth-order valence-electron chi connectivity index (χ4n) is 2.24. The van der Waals surface area contributed by atoms with Crippen LogP contribution in [-0.4, -0.2) is 26.9 Å². The highest BCUT2D eigenvalue weighted by molar-refractivity contribution is 7.89. The summed E-state index contributed by atoms with van der Waals surface area (Å²) in [7, 11) is -3.75. The van der Waals surface area contributed by atoms with E-state index in [1.165, 1.54) is 12.1 Å². The highest BCUT2D eigenvalue weighted by atomic mass is 35.5. The van der Waals surface area contributed by atoms with Gasteiger partial charge in [0, 0.05) is 12.6 Å². The SMILES string of the molecule is CCCCCCNC(=O)c1cc(S(=O)(=O)NC2CC2)c(Cl)cc1Cl. The number of rotatable bonds is 9. The number of unbranched alkanes of at least 4 members (excludes halogenated alkanes) is 3. The average molecular weight is 393 g/mol. The molecule has 1 saturated carbocycles. The van der Waals surface area contributed by atoms with Crippen LogP contribution in [0.2, 0.25) is 10.0 Å². The molecule has 1 fully saturated rings. The molecule has 1 aromatic rings. The van der Waals surface area contributed by atoms with Gasteiger partial charge in [-0.05, 0) is 31.4 Å². The molecule has 8 heteroatoms. The first-order valence-corrected chi connectivity index (χ1v) is 10.4. The molecule has 1 aliphatic rings. The van der Waals surface area contributed by atoms with Crippen LogP contribution in [0, 0.1) is 0 Å². The third-order valence-electron chi connectivity index (χ3n) is 3.77. The summed E-state index contributed by atoms with van der Waals surface area (Å²) in [5.74, 6) is -0.393. The molecule has 0 bridgehead atoms. The molecule has 1 amide bonds. The minimum absolute atomic E-state index is 0.00708. The number of sulfonamides is 1. The number of amides is 1. The van der Waals surface area contributed by atoms with Crippen LogP contribution in [0.1, 0.15) is 55.8 Å². The van der Waals surface area contributed by atoms with Crippen LogP contribution in [0.15, 0.2) is 17.0 Å². The van der Waals surface area contributed by atoms with E-state index < -0.39 is 15.9 Å². The van der Waals surface area contributed by atoms with Crippen LogP contribution in [-0.2, 0) is 10.0 Å². The van der Waals surface area contributed by atoms with Crippen LogP contribution in [0.5, 0.6) is 0 Å². The Morgan fingerprint density at radius 1 is 1.17 bits per heavy atom. The van der Waals surface area contributed by atoms with Crippen LogP contribution in [0.3, 0.4) is 0 Å². The number of hydrogen-bond donors (Lipinski definition) is 2. The third kappa shape index (κ3) is 5.34. The molecule has 2 rings (SSSR count). The summed E-state index contributed by atoms with van der Waals surface area (Å²) in [5, 5.41) is 2.91. The minimum Gasteiger partial charge on any atom is -0.352 e. The zero-order valence-corrected chi connectivity index (χ0v) is 15.9. The Bertz CT molecular complexity index is 704. The van der Waals surface area contributed by atoms with Crippen LogP contribution in [0.25, 0.3) is 0 Å². The summed E-state index contributed by atoms with van der Waals surface area (Å²) in [6.45, 7) is 2.64. The second kappa shape index (κ2) is 8.52. The first-order chi connectivity index (χ1) is 11.3. The van der Waals surface area contributed by atoms with Crippen molar-refractivity contribution in [2.75, 3.05) is 6.54 Å². The topological polar surface area (TPSA) is 75.3 Å². The number of carbonyl (C=O) groups excluding carboxylic acids is 1. The Balaban J connectivity index is 2.12. The molecule has 2 N–H and O–H groups in total. The van der Waals surface area contributed by atoms with Gasteiger partial charge in [0.2, 0.25) is 10.0 Å². The van der Waals surface area contributed by atoms with E-state index in [1.807, 2.05) is 0 Å². The molecule has 0 unspecified atom stereocenters. The van der Waals surface area contributed by atoms with Gasteiger partial charge in [0.05, 0.1) is 15.6 Å². The van der Waals surface area contributed by atoms with E-state index in [1.54, 1.807) is 0 Å². The zero-order valence-electron chi connectivity index (χ0n) is 13.6. The number of carbonyl (C=O) groups is 1. The summed E-state index contributed by atoms with van der Waals surface area (Å²) in [5.41, 5.74) is 0.118. The van der Waals surface area contributed by atoms with Crippen molar-refractivity contribution in [1.82, 2.24) is 10.0 Å². The lowest BCUT2D eigenvalue weighted by atomic mass is 10.2. The monoisotopic (exact) mass is 392 g/mol. The van der Waals surface area contributed by atoms with Crippen molar-refractivity contribution in [2.24, 2.45) is 0 Å². The van der Waals surface area contributed by atoms with Crippen molar-refractivity contribution >= 4 is 39.1 Å². The van der Waals surface area contributed by atoms with Crippen molar-refractivity contribution in [3.8, 4) is 0 Å². The lowest BCUT2D eigenvalue weighted by molar-refractivity contribution is 0.0953. The molecule has 0 atom stereocenters. The zero-order chi connectivity index (χ0) is 17.7. The first kappa shape index (κ1) is 19.5. The summed E-state index contributed by atoms with van der Waals surface area (Å²) >= 11 is 12.1. The van der Waals surface area contributed by atoms with Crippen LogP contribution < -0.4 is 10.0 Å². The molecule has 0 aliphatic heterocycles. The predicted molar refractivity (Wildman–Crippen MR) is 96.3 cm³/mol. The van der Waals surface area contributed by atoms with Gasteiger partial charge < -0.3 is 5.32 Å². The van der Waals surface area contributed by atoms with Gasteiger partial charge in [-0.3, -0.25) is 4.79 Å². The van der Waals surface area contributed by atoms with Crippen LogP contribution in [0.4, 0.5) is 0 Å². The second-order valence-corrected chi connectivity index (χ2v) is 8.47. The largest absolute Gasteiger partial charge is 0.352 e. The maximum absolute atomic E-state index is 12.4. The summed E-state index contributed by atoms with van der Waals surface area (Å²) in [4.78, 5) is 12.2. The third-order valence-corrected chi connectivity index (χ3v) is 6.07. The fourth-order valence-corrected chi connectivity index (χ4v) is 4.41. The maximum Gasteiger partial charge on any atom is 0.252 e. The Hall–Kier alpha value is -0.820. The van der Waals surface area contributed by atoms with Crippen LogP contribution >= 0.6 is 23.2 Å². The van der Waals surface area contributed by atoms with E-state index in [-0.39, 0.29) is 26.5 Å². The van der Waals surface area contributed by atoms with Gasteiger partial charge in [-0.1, -0.05) is 49.4 Å². The van der Waals surface area contributed by atoms with Crippen molar-refractivity contribution in [1.29, 1.82) is 0 Å². The molecule has 0 saturated heterocycles. The highest BCUT2D eigenvalue weighted by Gasteiger charge is 2.30. The van der Waals surface area contributed by atoms with E-state index in [0.717, 1.165) is 38.5 Å². The summed E-state index contributed by atoms with van der Waals surface area (Å²) < 4.78 is 27.3. The normalized spacial score (nSPS) is 14.6. The van der Waals surface area contributed by atoms with Crippen molar-refractivity contribution < 1.29 is 13.2 Å². The van der Waals surface area contributed by atoms with E-state index in [0.29, 0.717) is 6.54 Å². The van der Waals surface area contributed by atoms with E-state index >= 15 is 0 Å². The average Bonchev–Trinajstić information content (AvgIpc) is 3.29. The van der Waals surface area contributed by atoms with Gasteiger partial charge in [-0.15, -0.1) is 0 Å². The van der Waals surface area contributed by atoms with Gasteiger partial charge >= 0.3 is 0 Å². The number of benzene rings is 1. The molecule has 1 aliphatic carbocycles. The van der Waals surface area contributed by atoms with Gasteiger partial charge in [0.25, 0.3) is 5.91 Å². The smallest absolute Gasteiger partial charge is 0.252 e. The van der Waals surface area contributed by atoms with Gasteiger partial charge in [-0.2, -0.15) is 0 Å². The summed E-state index contributed by atoms with van der Waals surface area (Å²) in [6.07, 6.45) is 5.78. The molecule has 1 aromatic carbocycles. The molecular weight excluding hydrogens is 371 g/mol. The quantitative estimate of drug-likeness (QED) is 0.628. The fraction of sp³-hybridized carbons (Fsp3) is 0.562. The standard InChI is InChI=1S/C16H22Cl2N2O3S/c1-2-3-4-5-8-19-16(21)12-9-15(14(18)10-13(12)17)24(22,23)20-11-6-7-11/h9-11,20H,2-8H2,1H3,(H,19,21). The molecule has 0 radical (unpaired) electrons. The first-order valence-electron chi connectivity index (χ1n) is 8.14. The number of hydrogen-bond acceptors (Lipinski definition) is 3. The van der Waals surface area contributed by atoms with Crippen molar-refractivity contribution in [2.45, 2.75) is 56.4 Å². The number of nitrogens with one attached hydrogen (secondary N) is 2. The van der Waals surface area contributed by atoms with Gasteiger partial charge in [0.15, 0.2) is 0 Å². The van der Waals surface area contributed by atoms with Gasteiger partial charge in [-0.25, -0.2) is 13.1 Å². The molecular formula is C16H22Cl2N2O3S. The molecule has 0 spiro atoms. The lowest BCUT2D eigenvalue weighted by Gasteiger charge is -2.12. The Morgan fingerprint density at radius 3 is 2.50 bits per heavy atom. The van der Waals surface area contributed by atoms with Gasteiger partial charge in [0.1, 0.15) is 4.90 Å². The summed E-state index contributed by atoms with van der Waals surface area (Å²) in [6, 6.07) is 2.51. The highest BCUT2D eigenvalue weighted by Crippen LogP contribution is 2.30. The van der Waals surface area contributed by atoms with E-state index in [9.17, 15) is 13.2 Å². The Labute approximate surface area is 153 Å². The van der Waals surface area contributed by atoms with E-state index in [4.69, 9.17) is 23.2 Å². The Kier molecular flexibility index (Phi) is 6.92.